The Labute approximate surface area is 204 Å². The SMILES string of the molecule is CCCNC(=O)[C@@H](CC)N(CCc1ccccc1)C(=O)CCc1ccc(OCC)c(OCC)c1. The zero-order chi connectivity index (χ0) is 24.8. The van der Waals surface area contributed by atoms with E-state index in [-0.39, 0.29) is 11.8 Å². The second-order valence-electron chi connectivity index (χ2n) is 8.18. The number of benzene rings is 2. The third-order valence-electron chi connectivity index (χ3n) is 5.65. The smallest absolute Gasteiger partial charge is 0.242 e. The molecular formula is C28H40N2O4. The normalized spacial score (nSPS) is 11.5. The van der Waals surface area contributed by atoms with Gasteiger partial charge in [0.15, 0.2) is 11.5 Å². The van der Waals surface area contributed by atoms with E-state index in [0.29, 0.717) is 63.5 Å². The number of nitrogens with zero attached hydrogens (tertiary/aromatic N) is 1. The van der Waals surface area contributed by atoms with Gasteiger partial charge in [-0.2, -0.15) is 0 Å². The molecule has 2 aromatic rings. The molecule has 0 radical (unpaired) electrons. The van der Waals surface area contributed by atoms with Crippen molar-refractivity contribution in [2.45, 2.75) is 65.8 Å². The number of amides is 2. The van der Waals surface area contributed by atoms with Gasteiger partial charge < -0.3 is 19.7 Å². The largest absolute Gasteiger partial charge is 0.490 e. The first-order valence-electron chi connectivity index (χ1n) is 12.5. The van der Waals surface area contributed by atoms with Gasteiger partial charge in [-0.3, -0.25) is 9.59 Å². The van der Waals surface area contributed by atoms with E-state index in [1.807, 2.05) is 64.1 Å². The standard InChI is InChI=1S/C28H40N2O4/c1-5-19-29-28(32)24(6-2)30(20-18-22-12-10-9-11-13-22)27(31)17-15-23-14-16-25(33-7-3)26(21-23)34-8-4/h9-14,16,21,24H,5-8,15,17-20H2,1-4H3,(H,29,32)/t24-/m1/s1. The van der Waals surface area contributed by atoms with Crippen molar-refractivity contribution in [3.8, 4) is 11.5 Å². The van der Waals surface area contributed by atoms with Crippen LogP contribution in [-0.4, -0.2) is 49.1 Å². The number of carbonyl (C=O) groups is 2. The lowest BCUT2D eigenvalue weighted by Crippen LogP contribution is -2.50. The van der Waals surface area contributed by atoms with Crippen molar-refractivity contribution in [3.63, 3.8) is 0 Å². The van der Waals surface area contributed by atoms with E-state index in [1.165, 1.54) is 0 Å². The fourth-order valence-electron chi connectivity index (χ4n) is 3.91. The molecular weight excluding hydrogens is 428 g/mol. The Morgan fingerprint density at radius 3 is 2.24 bits per heavy atom. The predicted molar refractivity (Wildman–Crippen MR) is 136 cm³/mol. The number of rotatable bonds is 15. The van der Waals surface area contributed by atoms with E-state index in [1.54, 1.807) is 4.90 Å². The lowest BCUT2D eigenvalue weighted by molar-refractivity contribution is -0.140. The zero-order valence-corrected chi connectivity index (χ0v) is 21.1. The van der Waals surface area contributed by atoms with Crippen LogP contribution in [0, 0.1) is 0 Å². The molecule has 6 heteroatoms. The van der Waals surface area contributed by atoms with Crippen LogP contribution in [0.3, 0.4) is 0 Å². The topological polar surface area (TPSA) is 67.9 Å². The molecule has 0 fully saturated rings. The number of aryl methyl sites for hydroxylation is 1. The maximum absolute atomic E-state index is 13.4. The maximum Gasteiger partial charge on any atom is 0.242 e. The molecule has 0 spiro atoms. The number of carbonyl (C=O) groups excluding carboxylic acids is 2. The number of ether oxygens (including phenoxy) is 2. The van der Waals surface area contributed by atoms with Gasteiger partial charge in [-0.25, -0.2) is 0 Å². The molecule has 6 nitrogen and oxygen atoms in total. The van der Waals surface area contributed by atoms with Crippen molar-refractivity contribution in [2.75, 3.05) is 26.3 Å². The minimum atomic E-state index is -0.470. The summed E-state index contributed by atoms with van der Waals surface area (Å²) in [6.45, 7) is 10.1. The Kier molecular flexibility index (Phi) is 12.0. The van der Waals surface area contributed by atoms with E-state index in [9.17, 15) is 9.59 Å². The second kappa shape index (κ2) is 15.0. The molecule has 1 N–H and O–H groups in total. The van der Waals surface area contributed by atoms with Crippen molar-refractivity contribution in [2.24, 2.45) is 0 Å². The van der Waals surface area contributed by atoms with Gasteiger partial charge in [0.1, 0.15) is 6.04 Å². The fourth-order valence-corrected chi connectivity index (χ4v) is 3.91. The molecule has 0 heterocycles. The Morgan fingerprint density at radius 1 is 0.882 bits per heavy atom. The summed E-state index contributed by atoms with van der Waals surface area (Å²) in [5, 5.41) is 2.97. The second-order valence-corrected chi connectivity index (χ2v) is 8.18. The number of nitrogens with one attached hydrogen (secondary N) is 1. The van der Waals surface area contributed by atoms with E-state index in [0.717, 1.165) is 17.5 Å². The van der Waals surface area contributed by atoms with Crippen molar-refractivity contribution in [1.29, 1.82) is 0 Å². The molecule has 0 aromatic heterocycles. The van der Waals surface area contributed by atoms with E-state index < -0.39 is 6.04 Å². The molecule has 2 amide bonds. The Bertz CT molecular complexity index is 885. The lowest BCUT2D eigenvalue weighted by atomic mass is 10.1. The van der Waals surface area contributed by atoms with Crippen molar-refractivity contribution >= 4 is 11.8 Å². The minimum Gasteiger partial charge on any atom is -0.490 e. The molecule has 0 aliphatic rings. The van der Waals surface area contributed by atoms with Gasteiger partial charge in [0.05, 0.1) is 13.2 Å². The quantitative estimate of drug-likeness (QED) is 0.408. The molecule has 0 saturated carbocycles. The van der Waals surface area contributed by atoms with Crippen molar-refractivity contribution in [1.82, 2.24) is 10.2 Å². The zero-order valence-electron chi connectivity index (χ0n) is 21.1. The van der Waals surface area contributed by atoms with Gasteiger partial charge in [-0.05, 0) is 62.8 Å². The van der Waals surface area contributed by atoms with Crippen LogP contribution in [0.1, 0.15) is 58.1 Å². The molecule has 1 atom stereocenters. The molecule has 0 saturated heterocycles. The summed E-state index contributed by atoms with van der Waals surface area (Å²) in [5.74, 6) is 1.31. The highest BCUT2D eigenvalue weighted by Crippen LogP contribution is 2.29. The average molecular weight is 469 g/mol. The number of hydrogen-bond donors (Lipinski definition) is 1. The van der Waals surface area contributed by atoms with Crippen LogP contribution in [-0.2, 0) is 22.4 Å². The molecule has 34 heavy (non-hydrogen) atoms. The average Bonchev–Trinajstić information content (AvgIpc) is 2.85. The Balaban J connectivity index is 2.14. The van der Waals surface area contributed by atoms with E-state index in [4.69, 9.17) is 9.47 Å². The summed E-state index contributed by atoms with van der Waals surface area (Å²) >= 11 is 0. The van der Waals surface area contributed by atoms with Crippen LogP contribution in [0.2, 0.25) is 0 Å². The first kappa shape index (κ1) is 27.2. The molecule has 2 aromatic carbocycles. The van der Waals surface area contributed by atoms with Crippen molar-refractivity contribution in [3.05, 3.63) is 59.7 Å². The highest BCUT2D eigenvalue weighted by atomic mass is 16.5. The molecule has 0 aliphatic heterocycles. The van der Waals surface area contributed by atoms with E-state index >= 15 is 0 Å². The molecule has 0 bridgehead atoms. The fraction of sp³-hybridized carbons (Fsp3) is 0.500. The molecule has 2 rings (SSSR count). The summed E-state index contributed by atoms with van der Waals surface area (Å²) in [6, 6.07) is 15.4. The predicted octanol–water partition coefficient (Wildman–Crippen LogP) is 4.79. The van der Waals surface area contributed by atoms with E-state index in [2.05, 4.69) is 17.4 Å². The highest BCUT2D eigenvalue weighted by Gasteiger charge is 2.27. The van der Waals surface area contributed by atoms with Crippen LogP contribution in [0.5, 0.6) is 11.5 Å². The summed E-state index contributed by atoms with van der Waals surface area (Å²) in [6.07, 6.45) is 3.04. The third-order valence-corrected chi connectivity index (χ3v) is 5.65. The van der Waals surface area contributed by atoms with Gasteiger partial charge in [0.25, 0.3) is 0 Å². The van der Waals surface area contributed by atoms with Gasteiger partial charge in [-0.15, -0.1) is 0 Å². The van der Waals surface area contributed by atoms with Gasteiger partial charge in [-0.1, -0.05) is 50.2 Å². The minimum absolute atomic E-state index is 0.0127. The Morgan fingerprint density at radius 2 is 1.59 bits per heavy atom. The molecule has 186 valence electrons. The summed E-state index contributed by atoms with van der Waals surface area (Å²) < 4.78 is 11.4. The first-order valence-corrected chi connectivity index (χ1v) is 12.5. The molecule has 0 unspecified atom stereocenters. The van der Waals surface area contributed by atoms with Gasteiger partial charge in [0, 0.05) is 19.5 Å². The highest BCUT2D eigenvalue weighted by molar-refractivity contribution is 5.87. The monoisotopic (exact) mass is 468 g/mol. The van der Waals surface area contributed by atoms with Crippen LogP contribution >= 0.6 is 0 Å². The summed E-state index contributed by atoms with van der Waals surface area (Å²) in [7, 11) is 0. The summed E-state index contributed by atoms with van der Waals surface area (Å²) in [4.78, 5) is 28.0. The Hall–Kier alpha value is -3.02. The summed E-state index contributed by atoms with van der Waals surface area (Å²) in [5.41, 5.74) is 2.16. The first-order chi connectivity index (χ1) is 16.5. The number of hydrogen-bond acceptors (Lipinski definition) is 4. The van der Waals surface area contributed by atoms with Crippen LogP contribution in [0.25, 0.3) is 0 Å². The van der Waals surface area contributed by atoms with Gasteiger partial charge in [0.2, 0.25) is 11.8 Å². The maximum atomic E-state index is 13.4. The van der Waals surface area contributed by atoms with Crippen LogP contribution < -0.4 is 14.8 Å². The third kappa shape index (κ3) is 8.40. The molecule has 0 aliphatic carbocycles. The van der Waals surface area contributed by atoms with Gasteiger partial charge >= 0.3 is 0 Å². The van der Waals surface area contributed by atoms with Crippen molar-refractivity contribution < 1.29 is 19.1 Å². The van der Waals surface area contributed by atoms with Crippen LogP contribution in [0.15, 0.2) is 48.5 Å². The lowest BCUT2D eigenvalue weighted by Gasteiger charge is -2.30. The van der Waals surface area contributed by atoms with Crippen LogP contribution in [0.4, 0.5) is 0 Å².